The van der Waals surface area contributed by atoms with Gasteiger partial charge in [0.15, 0.2) is 0 Å². The number of rotatable bonds is 5. The van der Waals surface area contributed by atoms with Crippen LogP contribution in [0.15, 0.2) is 72.8 Å². The van der Waals surface area contributed by atoms with E-state index in [-0.39, 0.29) is 11.8 Å². The molecule has 0 unspecified atom stereocenters. The van der Waals surface area contributed by atoms with Crippen LogP contribution in [-0.4, -0.2) is 11.8 Å². The van der Waals surface area contributed by atoms with Gasteiger partial charge in [-0.3, -0.25) is 9.59 Å². The summed E-state index contributed by atoms with van der Waals surface area (Å²) >= 11 is 11.7. The molecule has 0 atom stereocenters. The highest BCUT2D eigenvalue weighted by Gasteiger charge is 2.09. The predicted molar refractivity (Wildman–Crippen MR) is 108 cm³/mol. The molecule has 0 fully saturated rings. The van der Waals surface area contributed by atoms with Crippen LogP contribution in [0.3, 0.4) is 0 Å². The maximum absolute atomic E-state index is 12.3. The fraction of sp³-hybridized carbons (Fsp3) is 0.0476. The molecular formula is C21H16Cl2N2O2. The van der Waals surface area contributed by atoms with E-state index in [0.29, 0.717) is 33.4 Å². The number of nitrogens with one attached hydrogen (secondary N) is 2. The Morgan fingerprint density at radius 2 is 1.15 bits per heavy atom. The quantitative estimate of drug-likeness (QED) is 0.622. The second kappa shape index (κ2) is 8.71. The molecule has 4 nitrogen and oxygen atoms in total. The summed E-state index contributed by atoms with van der Waals surface area (Å²) in [5.74, 6) is -0.472. The van der Waals surface area contributed by atoms with Gasteiger partial charge < -0.3 is 10.6 Å². The van der Waals surface area contributed by atoms with Crippen LogP contribution in [0.4, 0.5) is 5.69 Å². The molecule has 0 radical (unpaired) electrons. The lowest BCUT2D eigenvalue weighted by Gasteiger charge is -2.08. The van der Waals surface area contributed by atoms with E-state index in [1.807, 2.05) is 12.1 Å². The van der Waals surface area contributed by atoms with Crippen LogP contribution >= 0.6 is 23.2 Å². The van der Waals surface area contributed by atoms with E-state index in [1.54, 1.807) is 60.7 Å². The highest BCUT2D eigenvalue weighted by Crippen LogP contribution is 2.15. The van der Waals surface area contributed by atoms with Gasteiger partial charge in [-0.2, -0.15) is 0 Å². The van der Waals surface area contributed by atoms with Crippen LogP contribution in [0, 0.1) is 0 Å². The molecule has 0 spiro atoms. The van der Waals surface area contributed by atoms with E-state index in [0.717, 1.165) is 5.56 Å². The zero-order valence-corrected chi connectivity index (χ0v) is 15.7. The highest BCUT2D eigenvalue weighted by atomic mass is 35.5. The molecule has 0 aliphatic carbocycles. The van der Waals surface area contributed by atoms with Gasteiger partial charge in [0.05, 0.1) is 0 Å². The van der Waals surface area contributed by atoms with Gasteiger partial charge in [0, 0.05) is 33.4 Å². The van der Waals surface area contributed by atoms with Crippen molar-refractivity contribution < 1.29 is 9.59 Å². The van der Waals surface area contributed by atoms with Crippen molar-refractivity contribution in [3.05, 3.63) is 99.5 Å². The van der Waals surface area contributed by atoms with E-state index in [1.165, 1.54) is 0 Å². The minimum atomic E-state index is -0.259. The van der Waals surface area contributed by atoms with Crippen molar-refractivity contribution in [2.24, 2.45) is 0 Å². The maximum atomic E-state index is 12.3. The van der Waals surface area contributed by atoms with Gasteiger partial charge in [-0.25, -0.2) is 0 Å². The Kier molecular flexibility index (Phi) is 6.12. The molecule has 0 aliphatic heterocycles. The minimum Gasteiger partial charge on any atom is -0.348 e. The summed E-state index contributed by atoms with van der Waals surface area (Å²) in [5.41, 5.74) is 2.53. The lowest BCUT2D eigenvalue weighted by molar-refractivity contribution is 0.0949. The third kappa shape index (κ3) is 5.33. The van der Waals surface area contributed by atoms with Crippen LogP contribution < -0.4 is 10.6 Å². The lowest BCUT2D eigenvalue weighted by Crippen LogP contribution is -2.22. The van der Waals surface area contributed by atoms with Gasteiger partial charge in [0.25, 0.3) is 11.8 Å². The molecule has 136 valence electrons. The Balaban J connectivity index is 1.58. The number of anilines is 1. The van der Waals surface area contributed by atoms with E-state index in [4.69, 9.17) is 23.2 Å². The molecule has 27 heavy (non-hydrogen) atoms. The topological polar surface area (TPSA) is 58.2 Å². The van der Waals surface area contributed by atoms with E-state index >= 15 is 0 Å². The van der Waals surface area contributed by atoms with Crippen molar-refractivity contribution in [1.82, 2.24) is 5.32 Å². The monoisotopic (exact) mass is 398 g/mol. The standard InChI is InChI=1S/C21H16Cl2N2O2/c22-17-7-1-14(2-8-17)13-24-20(26)15-3-5-16(6-4-15)21(27)25-19-11-9-18(23)10-12-19/h1-12H,13H2,(H,24,26)(H,25,27). The smallest absolute Gasteiger partial charge is 0.255 e. The Labute approximate surface area is 167 Å². The average Bonchev–Trinajstić information content (AvgIpc) is 2.69. The third-order valence-corrected chi connectivity index (χ3v) is 4.38. The van der Waals surface area contributed by atoms with E-state index in [9.17, 15) is 9.59 Å². The molecule has 3 aromatic rings. The molecule has 0 saturated heterocycles. The van der Waals surface area contributed by atoms with E-state index < -0.39 is 0 Å². The molecule has 0 saturated carbocycles. The van der Waals surface area contributed by atoms with Crippen LogP contribution in [-0.2, 0) is 6.54 Å². The number of amides is 2. The Bertz CT molecular complexity index is 937. The second-order valence-corrected chi connectivity index (χ2v) is 6.72. The fourth-order valence-electron chi connectivity index (χ4n) is 2.40. The van der Waals surface area contributed by atoms with Crippen molar-refractivity contribution in [2.45, 2.75) is 6.54 Å². The fourth-order valence-corrected chi connectivity index (χ4v) is 2.65. The van der Waals surface area contributed by atoms with Crippen molar-refractivity contribution in [3.8, 4) is 0 Å². The van der Waals surface area contributed by atoms with Crippen LogP contribution in [0.25, 0.3) is 0 Å². The van der Waals surface area contributed by atoms with Gasteiger partial charge in [0.1, 0.15) is 0 Å². The summed E-state index contributed by atoms with van der Waals surface area (Å²) in [6, 6.07) is 20.6. The summed E-state index contributed by atoms with van der Waals surface area (Å²) in [6.07, 6.45) is 0. The van der Waals surface area contributed by atoms with Gasteiger partial charge in [-0.1, -0.05) is 35.3 Å². The number of carbonyl (C=O) groups excluding carboxylic acids is 2. The van der Waals surface area contributed by atoms with Gasteiger partial charge in [-0.05, 0) is 66.2 Å². The SMILES string of the molecule is O=C(NCc1ccc(Cl)cc1)c1ccc(C(=O)Nc2ccc(Cl)cc2)cc1. The molecular weight excluding hydrogens is 383 g/mol. The number of carbonyl (C=O) groups is 2. The highest BCUT2D eigenvalue weighted by molar-refractivity contribution is 6.30. The third-order valence-electron chi connectivity index (χ3n) is 3.88. The van der Waals surface area contributed by atoms with E-state index in [2.05, 4.69) is 10.6 Å². The Hall–Kier alpha value is -2.82. The second-order valence-electron chi connectivity index (χ2n) is 5.85. The first-order valence-corrected chi connectivity index (χ1v) is 8.96. The Morgan fingerprint density at radius 3 is 1.70 bits per heavy atom. The van der Waals surface area contributed by atoms with Gasteiger partial charge >= 0.3 is 0 Å². The number of benzene rings is 3. The first kappa shape index (κ1) is 19.0. The van der Waals surface area contributed by atoms with Crippen molar-refractivity contribution in [3.63, 3.8) is 0 Å². The molecule has 0 aliphatic rings. The predicted octanol–water partition coefficient (Wildman–Crippen LogP) is 5.18. The number of hydrogen-bond acceptors (Lipinski definition) is 2. The zero-order valence-electron chi connectivity index (χ0n) is 14.2. The molecule has 0 bridgehead atoms. The van der Waals surface area contributed by atoms with Crippen molar-refractivity contribution in [1.29, 1.82) is 0 Å². The summed E-state index contributed by atoms with van der Waals surface area (Å²) in [6.45, 7) is 0.398. The van der Waals surface area contributed by atoms with Crippen molar-refractivity contribution in [2.75, 3.05) is 5.32 Å². The molecule has 2 amide bonds. The largest absolute Gasteiger partial charge is 0.348 e. The van der Waals surface area contributed by atoms with Crippen LogP contribution in [0.2, 0.25) is 10.0 Å². The molecule has 3 aromatic carbocycles. The molecule has 0 heterocycles. The summed E-state index contributed by atoms with van der Waals surface area (Å²) in [4.78, 5) is 24.5. The minimum absolute atomic E-state index is 0.213. The molecule has 2 N–H and O–H groups in total. The normalized spacial score (nSPS) is 10.3. The zero-order chi connectivity index (χ0) is 19.2. The molecule has 6 heteroatoms. The molecule has 3 rings (SSSR count). The first-order chi connectivity index (χ1) is 13.0. The van der Waals surface area contributed by atoms with Crippen LogP contribution in [0.5, 0.6) is 0 Å². The average molecular weight is 399 g/mol. The summed E-state index contributed by atoms with van der Waals surface area (Å²) < 4.78 is 0. The first-order valence-electron chi connectivity index (χ1n) is 8.21. The Morgan fingerprint density at radius 1 is 0.667 bits per heavy atom. The maximum Gasteiger partial charge on any atom is 0.255 e. The number of hydrogen-bond donors (Lipinski definition) is 2. The lowest BCUT2D eigenvalue weighted by atomic mass is 10.1. The summed E-state index contributed by atoms with van der Waals surface area (Å²) in [5, 5.41) is 6.86. The molecule has 0 aromatic heterocycles. The van der Waals surface area contributed by atoms with Crippen LogP contribution in [0.1, 0.15) is 26.3 Å². The van der Waals surface area contributed by atoms with Crippen molar-refractivity contribution >= 4 is 40.7 Å². The number of halogens is 2. The van der Waals surface area contributed by atoms with Gasteiger partial charge in [-0.15, -0.1) is 0 Å². The van der Waals surface area contributed by atoms with Gasteiger partial charge in [0.2, 0.25) is 0 Å². The summed E-state index contributed by atoms with van der Waals surface area (Å²) in [7, 11) is 0.